The lowest BCUT2D eigenvalue weighted by Crippen LogP contribution is -2.45. The second kappa shape index (κ2) is 8.05. The van der Waals surface area contributed by atoms with Crippen LogP contribution in [0.3, 0.4) is 0 Å². The van der Waals surface area contributed by atoms with Gasteiger partial charge in [-0.25, -0.2) is 4.79 Å². The molecule has 0 bridgehead atoms. The number of carbonyl (C=O) groups is 3. The molecule has 1 aromatic carbocycles. The number of hydrogen-bond acceptors (Lipinski definition) is 6. The van der Waals surface area contributed by atoms with Crippen molar-refractivity contribution in [3.8, 4) is 0 Å². The van der Waals surface area contributed by atoms with Gasteiger partial charge in [0.05, 0.1) is 0 Å². The molecule has 0 saturated carbocycles. The van der Waals surface area contributed by atoms with Crippen molar-refractivity contribution in [3.05, 3.63) is 40.9 Å². The minimum absolute atomic E-state index is 0.208. The molecule has 2 heterocycles. The molecular formula is C19H23N5O3S. The Morgan fingerprint density at radius 3 is 2.61 bits per heavy atom. The largest absolute Gasteiger partial charge is 0.325 e. The highest BCUT2D eigenvalue weighted by atomic mass is 32.1. The fourth-order valence-corrected chi connectivity index (χ4v) is 3.68. The summed E-state index contributed by atoms with van der Waals surface area (Å²) in [7, 11) is 0. The second-order valence-corrected chi connectivity index (χ2v) is 8.30. The number of hydrogen-bond donors (Lipinski definition) is 2. The highest BCUT2D eigenvalue weighted by molar-refractivity contribution is 7.15. The third-order valence-corrected chi connectivity index (χ3v) is 5.72. The summed E-state index contributed by atoms with van der Waals surface area (Å²) in [5.41, 5.74) is 0.0556. The van der Waals surface area contributed by atoms with Crippen LogP contribution in [0.15, 0.2) is 30.3 Å². The summed E-state index contributed by atoms with van der Waals surface area (Å²) < 4.78 is 0. The van der Waals surface area contributed by atoms with Crippen LogP contribution in [0, 0.1) is 0 Å². The van der Waals surface area contributed by atoms with E-state index in [0.717, 1.165) is 15.5 Å². The van der Waals surface area contributed by atoms with Crippen molar-refractivity contribution in [2.45, 2.75) is 45.1 Å². The number of imide groups is 1. The highest BCUT2D eigenvalue weighted by Gasteiger charge is 2.47. The van der Waals surface area contributed by atoms with Crippen molar-refractivity contribution >= 4 is 34.3 Å². The standard InChI is InChI=1S/C19H23N5O3S/c1-12(2)15-22-23-17(28-15)20-14(25)11-24-16(26)19(3,21-18(24)27)10-9-13-7-5-4-6-8-13/h4-8,12H,9-11H2,1-3H3,(H,21,27)(H,20,23,25)/t19-/m1/s1. The third kappa shape index (κ3) is 4.36. The molecule has 28 heavy (non-hydrogen) atoms. The van der Waals surface area contributed by atoms with Crippen molar-refractivity contribution in [1.29, 1.82) is 0 Å². The number of aryl methyl sites for hydroxylation is 1. The van der Waals surface area contributed by atoms with Gasteiger partial charge in [-0.1, -0.05) is 55.5 Å². The summed E-state index contributed by atoms with van der Waals surface area (Å²) in [4.78, 5) is 38.3. The van der Waals surface area contributed by atoms with E-state index in [1.54, 1.807) is 6.92 Å². The number of rotatable bonds is 7. The molecule has 1 atom stereocenters. The summed E-state index contributed by atoms with van der Waals surface area (Å²) >= 11 is 1.28. The average Bonchev–Trinajstić information content (AvgIpc) is 3.20. The van der Waals surface area contributed by atoms with E-state index in [9.17, 15) is 14.4 Å². The Labute approximate surface area is 167 Å². The third-order valence-electron chi connectivity index (χ3n) is 4.58. The molecular weight excluding hydrogens is 378 g/mol. The van der Waals surface area contributed by atoms with E-state index < -0.39 is 23.4 Å². The minimum Gasteiger partial charge on any atom is -0.323 e. The fourth-order valence-electron chi connectivity index (χ4n) is 2.92. The topological polar surface area (TPSA) is 104 Å². The molecule has 1 aromatic heterocycles. The van der Waals surface area contributed by atoms with Crippen molar-refractivity contribution in [3.63, 3.8) is 0 Å². The van der Waals surface area contributed by atoms with Gasteiger partial charge in [0.15, 0.2) is 0 Å². The Kier molecular flexibility index (Phi) is 5.73. The van der Waals surface area contributed by atoms with Crippen LogP contribution < -0.4 is 10.6 Å². The van der Waals surface area contributed by atoms with E-state index in [1.807, 2.05) is 44.2 Å². The number of benzene rings is 1. The number of nitrogens with one attached hydrogen (secondary N) is 2. The van der Waals surface area contributed by atoms with Gasteiger partial charge in [0.2, 0.25) is 11.0 Å². The predicted molar refractivity (Wildman–Crippen MR) is 106 cm³/mol. The molecule has 0 spiro atoms. The maximum absolute atomic E-state index is 12.8. The smallest absolute Gasteiger partial charge is 0.323 e. The number of nitrogens with zero attached hydrogens (tertiary/aromatic N) is 3. The molecule has 9 heteroatoms. The number of anilines is 1. The number of carbonyl (C=O) groups excluding carboxylic acids is 3. The van der Waals surface area contributed by atoms with Crippen LogP contribution in [0.25, 0.3) is 0 Å². The van der Waals surface area contributed by atoms with Crippen LogP contribution in [0.4, 0.5) is 9.93 Å². The molecule has 0 aliphatic carbocycles. The molecule has 0 unspecified atom stereocenters. The average molecular weight is 401 g/mol. The number of urea groups is 1. The summed E-state index contributed by atoms with van der Waals surface area (Å²) in [6.45, 7) is 5.29. The van der Waals surface area contributed by atoms with Gasteiger partial charge in [0.1, 0.15) is 17.1 Å². The summed E-state index contributed by atoms with van der Waals surface area (Å²) in [6.07, 6.45) is 1.10. The van der Waals surface area contributed by atoms with Gasteiger partial charge < -0.3 is 5.32 Å². The fraction of sp³-hybridized carbons (Fsp3) is 0.421. The van der Waals surface area contributed by atoms with E-state index in [-0.39, 0.29) is 12.5 Å². The van der Waals surface area contributed by atoms with E-state index >= 15 is 0 Å². The van der Waals surface area contributed by atoms with Crippen molar-refractivity contribution in [2.24, 2.45) is 0 Å². The monoisotopic (exact) mass is 401 g/mol. The van der Waals surface area contributed by atoms with Gasteiger partial charge in [-0.2, -0.15) is 0 Å². The molecule has 1 aliphatic heterocycles. The summed E-state index contributed by atoms with van der Waals surface area (Å²) in [6, 6.07) is 9.18. The van der Waals surface area contributed by atoms with Gasteiger partial charge in [0.25, 0.3) is 5.91 Å². The van der Waals surface area contributed by atoms with Crippen molar-refractivity contribution < 1.29 is 14.4 Å². The Morgan fingerprint density at radius 2 is 1.96 bits per heavy atom. The highest BCUT2D eigenvalue weighted by Crippen LogP contribution is 2.24. The minimum atomic E-state index is -1.03. The van der Waals surface area contributed by atoms with Gasteiger partial charge in [-0.15, -0.1) is 10.2 Å². The SMILES string of the molecule is CC(C)c1nnc(NC(=O)CN2C(=O)N[C@](C)(CCc3ccccc3)C2=O)s1. The molecule has 1 saturated heterocycles. The quantitative estimate of drug-likeness (QED) is 0.694. The first-order valence-electron chi connectivity index (χ1n) is 9.10. The lowest BCUT2D eigenvalue weighted by Gasteiger charge is -2.21. The predicted octanol–water partition coefficient (Wildman–Crippen LogP) is 2.54. The maximum Gasteiger partial charge on any atom is 0.325 e. The van der Waals surface area contributed by atoms with Gasteiger partial charge in [0, 0.05) is 5.92 Å². The first-order chi connectivity index (χ1) is 13.3. The van der Waals surface area contributed by atoms with Crippen LogP contribution in [0.1, 0.15) is 43.7 Å². The lowest BCUT2D eigenvalue weighted by molar-refractivity contribution is -0.133. The van der Waals surface area contributed by atoms with Crippen LogP contribution >= 0.6 is 11.3 Å². The first-order valence-corrected chi connectivity index (χ1v) is 9.91. The molecule has 0 radical (unpaired) electrons. The normalized spacial score (nSPS) is 19.2. The summed E-state index contributed by atoms with van der Waals surface area (Å²) in [5.74, 6) is -0.676. The van der Waals surface area contributed by atoms with Crippen molar-refractivity contribution in [1.82, 2.24) is 20.4 Å². The van der Waals surface area contributed by atoms with Crippen molar-refractivity contribution in [2.75, 3.05) is 11.9 Å². The maximum atomic E-state index is 12.8. The molecule has 148 valence electrons. The van der Waals surface area contributed by atoms with E-state index in [1.165, 1.54) is 11.3 Å². The molecule has 1 fully saturated rings. The molecule has 1 aliphatic rings. The lowest BCUT2D eigenvalue weighted by atomic mass is 9.93. The Bertz CT molecular complexity index is 883. The zero-order valence-corrected chi connectivity index (χ0v) is 16.9. The van der Waals surface area contributed by atoms with Crippen LogP contribution in [-0.2, 0) is 16.0 Å². The first kappa shape index (κ1) is 19.9. The Balaban J connectivity index is 1.60. The Hall–Kier alpha value is -2.81. The molecule has 3 rings (SSSR count). The number of aromatic nitrogens is 2. The van der Waals surface area contributed by atoms with Gasteiger partial charge in [-0.05, 0) is 25.3 Å². The zero-order chi connectivity index (χ0) is 20.3. The van der Waals surface area contributed by atoms with E-state index in [4.69, 9.17) is 0 Å². The van der Waals surface area contributed by atoms with Gasteiger partial charge in [-0.3, -0.25) is 19.8 Å². The summed E-state index contributed by atoms with van der Waals surface area (Å²) in [5, 5.41) is 14.4. The van der Waals surface area contributed by atoms with Crippen LogP contribution in [-0.4, -0.2) is 45.0 Å². The van der Waals surface area contributed by atoms with Crippen LogP contribution in [0.2, 0.25) is 0 Å². The van der Waals surface area contributed by atoms with E-state index in [2.05, 4.69) is 20.8 Å². The molecule has 2 aromatic rings. The Morgan fingerprint density at radius 1 is 1.25 bits per heavy atom. The number of amides is 4. The molecule has 2 N–H and O–H groups in total. The van der Waals surface area contributed by atoms with E-state index in [0.29, 0.717) is 18.0 Å². The molecule has 4 amide bonds. The van der Waals surface area contributed by atoms with Crippen LogP contribution in [0.5, 0.6) is 0 Å². The molecule has 8 nitrogen and oxygen atoms in total. The van der Waals surface area contributed by atoms with Gasteiger partial charge >= 0.3 is 6.03 Å². The zero-order valence-electron chi connectivity index (χ0n) is 16.1. The second-order valence-electron chi connectivity index (χ2n) is 7.29.